The van der Waals surface area contributed by atoms with Crippen LogP contribution in [0.1, 0.15) is 6.92 Å². The molecular formula is C16H20ClNO2. The van der Waals surface area contributed by atoms with Crippen LogP contribution < -0.4 is 10.1 Å². The summed E-state index contributed by atoms with van der Waals surface area (Å²) in [4.78, 5) is 0. The molecule has 0 fully saturated rings. The molecule has 108 valence electrons. The summed E-state index contributed by atoms with van der Waals surface area (Å²) in [5, 5.41) is 6.05. The second-order valence-electron chi connectivity index (χ2n) is 4.59. The molecule has 4 heteroatoms. The van der Waals surface area contributed by atoms with Gasteiger partial charge in [0.15, 0.2) is 0 Å². The summed E-state index contributed by atoms with van der Waals surface area (Å²) in [6.07, 6.45) is -0.0236. The first-order valence-corrected chi connectivity index (χ1v) is 7.17. The third-order valence-corrected chi connectivity index (χ3v) is 3.43. The Hall–Kier alpha value is -1.29. The maximum atomic E-state index is 6.22. The van der Waals surface area contributed by atoms with E-state index in [1.165, 1.54) is 0 Å². The molecule has 0 aliphatic carbocycles. The molecule has 0 aliphatic heterocycles. The van der Waals surface area contributed by atoms with Crippen molar-refractivity contribution in [3.05, 3.63) is 41.4 Å². The Morgan fingerprint density at radius 1 is 1.15 bits per heavy atom. The molecule has 0 bridgehead atoms. The summed E-state index contributed by atoms with van der Waals surface area (Å²) in [5.74, 6) is 0.838. The van der Waals surface area contributed by atoms with Crippen LogP contribution in [0.4, 0.5) is 0 Å². The van der Waals surface area contributed by atoms with Gasteiger partial charge in [-0.25, -0.2) is 0 Å². The molecular weight excluding hydrogens is 274 g/mol. The Kier molecular flexibility index (Phi) is 5.65. The van der Waals surface area contributed by atoms with Crippen LogP contribution in [0.2, 0.25) is 5.02 Å². The molecule has 1 unspecified atom stereocenters. The van der Waals surface area contributed by atoms with Gasteiger partial charge in [0.1, 0.15) is 11.9 Å². The predicted molar refractivity (Wildman–Crippen MR) is 83.8 cm³/mol. The highest BCUT2D eigenvalue weighted by Gasteiger charge is 2.12. The molecule has 0 spiro atoms. The fraction of sp³-hybridized carbons (Fsp3) is 0.375. The molecule has 1 atom stereocenters. The lowest BCUT2D eigenvalue weighted by atomic mass is 10.1. The highest BCUT2D eigenvalue weighted by molar-refractivity contribution is 6.35. The number of hydrogen-bond donors (Lipinski definition) is 1. The third-order valence-electron chi connectivity index (χ3n) is 3.10. The Morgan fingerprint density at radius 3 is 2.60 bits per heavy atom. The minimum absolute atomic E-state index is 0.0236. The molecule has 2 aromatic rings. The Balaban J connectivity index is 2.25. The number of nitrogens with one attached hydrogen (secondary N) is 1. The molecule has 3 nitrogen and oxygen atoms in total. The number of likely N-dealkylation sites (N-methyl/N-ethyl adjacent to an activating group) is 1. The van der Waals surface area contributed by atoms with E-state index in [1.807, 2.05) is 36.4 Å². The molecule has 1 N–H and O–H groups in total. The molecule has 0 saturated heterocycles. The zero-order valence-corrected chi connectivity index (χ0v) is 12.6. The minimum atomic E-state index is -0.0236. The zero-order valence-electron chi connectivity index (χ0n) is 11.9. The normalized spacial score (nSPS) is 12.6. The van der Waals surface area contributed by atoms with Crippen LogP contribution in [0.5, 0.6) is 5.75 Å². The molecule has 2 rings (SSSR count). The van der Waals surface area contributed by atoms with Crippen LogP contribution in [0.3, 0.4) is 0 Å². The average Bonchev–Trinajstić information content (AvgIpc) is 2.48. The fourth-order valence-corrected chi connectivity index (χ4v) is 2.37. The van der Waals surface area contributed by atoms with Crippen LogP contribution in [0.25, 0.3) is 10.8 Å². The van der Waals surface area contributed by atoms with Crippen LogP contribution in [0, 0.1) is 0 Å². The second-order valence-corrected chi connectivity index (χ2v) is 5.00. The first-order valence-electron chi connectivity index (χ1n) is 6.79. The van der Waals surface area contributed by atoms with Crippen LogP contribution in [-0.4, -0.2) is 32.9 Å². The van der Waals surface area contributed by atoms with Gasteiger partial charge in [0, 0.05) is 29.4 Å². The van der Waals surface area contributed by atoms with Crippen molar-refractivity contribution in [2.75, 3.05) is 26.8 Å². The van der Waals surface area contributed by atoms with Gasteiger partial charge in [-0.1, -0.05) is 42.8 Å². The SMILES string of the molecule is CCNCC(COC)Oc1ccc(Cl)c2ccccc12. The molecule has 0 aliphatic rings. The van der Waals surface area contributed by atoms with Crippen molar-refractivity contribution in [1.82, 2.24) is 5.32 Å². The number of hydrogen-bond acceptors (Lipinski definition) is 3. The quantitative estimate of drug-likeness (QED) is 0.847. The molecule has 0 radical (unpaired) electrons. The average molecular weight is 294 g/mol. The van der Waals surface area contributed by atoms with Crippen molar-refractivity contribution in [3.8, 4) is 5.75 Å². The highest BCUT2D eigenvalue weighted by atomic mass is 35.5. The topological polar surface area (TPSA) is 30.5 Å². The molecule has 0 heterocycles. The van der Waals surface area contributed by atoms with Gasteiger partial charge in [0.05, 0.1) is 6.61 Å². The lowest BCUT2D eigenvalue weighted by molar-refractivity contribution is 0.0820. The van der Waals surface area contributed by atoms with Crippen molar-refractivity contribution < 1.29 is 9.47 Å². The number of methoxy groups -OCH3 is 1. The number of rotatable bonds is 7. The Labute approximate surface area is 124 Å². The highest BCUT2D eigenvalue weighted by Crippen LogP contribution is 2.31. The summed E-state index contributed by atoms with van der Waals surface area (Å²) in [6.45, 7) is 4.28. The van der Waals surface area contributed by atoms with Gasteiger partial charge in [-0.2, -0.15) is 0 Å². The maximum Gasteiger partial charge on any atom is 0.134 e. The van der Waals surface area contributed by atoms with E-state index in [2.05, 4.69) is 12.2 Å². The largest absolute Gasteiger partial charge is 0.486 e. The van der Waals surface area contributed by atoms with E-state index in [0.717, 1.165) is 34.6 Å². The summed E-state index contributed by atoms with van der Waals surface area (Å²) >= 11 is 6.22. The van der Waals surface area contributed by atoms with Crippen LogP contribution in [-0.2, 0) is 4.74 Å². The van der Waals surface area contributed by atoms with E-state index < -0.39 is 0 Å². The predicted octanol–water partition coefficient (Wildman–Crippen LogP) is 3.50. The van der Waals surface area contributed by atoms with Crippen molar-refractivity contribution >= 4 is 22.4 Å². The Morgan fingerprint density at radius 2 is 1.90 bits per heavy atom. The first-order chi connectivity index (χ1) is 9.76. The maximum absolute atomic E-state index is 6.22. The molecule has 20 heavy (non-hydrogen) atoms. The lowest BCUT2D eigenvalue weighted by Gasteiger charge is -2.20. The smallest absolute Gasteiger partial charge is 0.134 e. The monoisotopic (exact) mass is 293 g/mol. The van der Waals surface area contributed by atoms with E-state index in [0.29, 0.717) is 6.61 Å². The Bertz CT molecular complexity index is 559. The van der Waals surface area contributed by atoms with Gasteiger partial charge in [0.25, 0.3) is 0 Å². The number of fused-ring (bicyclic) bond motifs is 1. The number of ether oxygens (including phenoxy) is 2. The zero-order chi connectivity index (χ0) is 14.4. The van der Waals surface area contributed by atoms with Gasteiger partial charge in [0.2, 0.25) is 0 Å². The minimum Gasteiger partial charge on any atom is -0.486 e. The van der Waals surface area contributed by atoms with Crippen molar-refractivity contribution in [2.45, 2.75) is 13.0 Å². The van der Waals surface area contributed by atoms with Gasteiger partial charge < -0.3 is 14.8 Å². The molecule has 0 amide bonds. The third kappa shape index (κ3) is 3.63. The lowest BCUT2D eigenvalue weighted by Crippen LogP contribution is -2.34. The van der Waals surface area contributed by atoms with Crippen LogP contribution in [0.15, 0.2) is 36.4 Å². The standard InChI is InChI=1S/C16H20ClNO2/c1-3-18-10-12(11-19-2)20-16-9-8-15(17)13-6-4-5-7-14(13)16/h4-9,12,18H,3,10-11H2,1-2H3. The summed E-state index contributed by atoms with van der Waals surface area (Å²) in [7, 11) is 1.68. The molecule has 2 aromatic carbocycles. The summed E-state index contributed by atoms with van der Waals surface area (Å²) < 4.78 is 11.3. The first kappa shape index (κ1) is 15.1. The van der Waals surface area contributed by atoms with E-state index in [9.17, 15) is 0 Å². The van der Waals surface area contributed by atoms with Crippen LogP contribution >= 0.6 is 11.6 Å². The van der Waals surface area contributed by atoms with Gasteiger partial charge in [-0.15, -0.1) is 0 Å². The van der Waals surface area contributed by atoms with Gasteiger partial charge in [-0.05, 0) is 18.7 Å². The van der Waals surface area contributed by atoms with E-state index in [4.69, 9.17) is 21.1 Å². The van der Waals surface area contributed by atoms with Gasteiger partial charge >= 0.3 is 0 Å². The van der Waals surface area contributed by atoms with E-state index in [-0.39, 0.29) is 6.10 Å². The number of benzene rings is 2. The van der Waals surface area contributed by atoms with Crippen molar-refractivity contribution in [2.24, 2.45) is 0 Å². The number of halogens is 1. The molecule has 0 saturated carbocycles. The van der Waals surface area contributed by atoms with E-state index >= 15 is 0 Å². The van der Waals surface area contributed by atoms with E-state index in [1.54, 1.807) is 7.11 Å². The van der Waals surface area contributed by atoms with Crippen molar-refractivity contribution in [1.29, 1.82) is 0 Å². The van der Waals surface area contributed by atoms with Gasteiger partial charge in [-0.3, -0.25) is 0 Å². The summed E-state index contributed by atoms with van der Waals surface area (Å²) in [5.41, 5.74) is 0. The molecule has 0 aromatic heterocycles. The second kappa shape index (κ2) is 7.48. The summed E-state index contributed by atoms with van der Waals surface area (Å²) in [6, 6.07) is 11.8. The van der Waals surface area contributed by atoms with Crippen molar-refractivity contribution in [3.63, 3.8) is 0 Å². The fourth-order valence-electron chi connectivity index (χ4n) is 2.14.